The third kappa shape index (κ3) is 9.14. The lowest BCUT2D eigenvalue weighted by atomic mass is 9.69. The van der Waals surface area contributed by atoms with Crippen molar-refractivity contribution in [3.05, 3.63) is 65.2 Å². The molecule has 1 unspecified atom stereocenters. The molecule has 8 nitrogen and oxygen atoms in total. The second-order valence-corrected chi connectivity index (χ2v) is 15.0. The molecule has 1 saturated carbocycles. The molecule has 47 heavy (non-hydrogen) atoms. The van der Waals surface area contributed by atoms with Crippen molar-refractivity contribution in [3.8, 4) is 5.75 Å². The van der Waals surface area contributed by atoms with E-state index in [2.05, 4.69) is 51.6 Å². The standard InChI is InChI=1S/C36H46F3N3O5/c1-33(2,3)19-17-28(23-7-9-25(10-8-23)31(45)40-22-18-29(43)44)42-32(46)30(24-11-13-27(14-12-24)47-36(37,38)39)41-35(42)20-15-26(16-21-35)34(4,5)6/h7-14,26,28H,15-22H2,1-6H3,(H,40,45)(H,43,44). The maximum atomic E-state index is 14.5. The average molecular weight is 658 g/mol. The zero-order valence-corrected chi connectivity index (χ0v) is 28.0. The summed E-state index contributed by atoms with van der Waals surface area (Å²) < 4.78 is 42.5. The fourth-order valence-electron chi connectivity index (χ4n) is 6.60. The van der Waals surface area contributed by atoms with Crippen molar-refractivity contribution >= 4 is 23.5 Å². The Morgan fingerprint density at radius 3 is 2.11 bits per heavy atom. The largest absolute Gasteiger partial charge is 0.573 e. The van der Waals surface area contributed by atoms with E-state index < -0.39 is 18.0 Å². The number of nitrogens with one attached hydrogen (secondary N) is 1. The molecule has 0 bridgehead atoms. The first kappa shape index (κ1) is 36.0. The first-order chi connectivity index (χ1) is 21.8. The number of carboxylic acids is 1. The molecular weight excluding hydrogens is 611 g/mol. The molecule has 4 rings (SSSR count). The van der Waals surface area contributed by atoms with Crippen molar-refractivity contribution in [1.82, 2.24) is 10.2 Å². The number of benzene rings is 2. The molecule has 2 aromatic rings. The van der Waals surface area contributed by atoms with Gasteiger partial charge in [0.05, 0.1) is 12.5 Å². The highest BCUT2D eigenvalue weighted by atomic mass is 19.4. The summed E-state index contributed by atoms with van der Waals surface area (Å²) in [5.74, 6) is -1.61. The van der Waals surface area contributed by atoms with Crippen LogP contribution in [-0.4, -0.2) is 52.1 Å². The van der Waals surface area contributed by atoms with Crippen LogP contribution in [0.4, 0.5) is 13.2 Å². The Labute approximate surface area is 274 Å². The highest BCUT2D eigenvalue weighted by Crippen LogP contribution is 2.50. The van der Waals surface area contributed by atoms with Gasteiger partial charge in [-0.3, -0.25) is 19.4 Å². The van der Waals surface area contributed by atoms with Crippen LogP contribution in [0.5, 0.6) is 5.75 Å². The van der Waals surface area contributed by atoms with Gasteiger partial charge in [0.1, 0.15) is 17.1 Å². The second-order valence-electron chi connectivity index (χ2n) is 15.0. The normalized spacial score (nSPS) is 21.0. The number of rotatable bonds is 10. The third-order valence-corrected chi connectivity index (χ3v) is 9.22. The van der Waals surface area contributed by atoms with Crippen molar-refractivity contribution in [1.29, 1.82) is 0 Å². The fourth-order valence-corrected chi connectivity index (χ4v) is 6.60. The molecule has 2 amide bonds. The van der Waals surface area contributed by atoms with E-state index in [9.17, 15) is 27.6 Å². The molecule has 11 heteroatoms. The van der Waals surface area contributed by atoms with Gasteiger partial charge < -0.3 is 20.1 Å². The molecule has 1 fully saturated rings. The lowest BCUT2D eigenvalue weighted by Crippen LogP contribution is -2.51. The molecule has 0 aromatic heterocycles. The SMILES string of the molecule is CC(C)(C)CCC(c1ccc(C(=O)NCCC(=O)O)cc1)N1C(=O)C(c2ccc(OC(F)(F)F)cc2)=NC12CCC(C(C)(C)C)CC2. The van der Waals surface area contributed by atoms with E-state index in [1.807, 2.05) is 17.0 Å². The molecule has 1 aliphatic carbocycles. The Balaban J connectivity index is 1.72. The third-order valence-electron chi connectivity index (χ3n) is 9.22. The van der Waals surface area contributed by atoms with Crippen molar-refractivity contribution in [2.75, 3.05) is 6.54 Å². The number of carbonyl (C=O) groups excluding carboxylic acids is 2. The molecule has 2 aliphatic rings. The number of hydrogen-bond acceptors (Lipinski definition) is 5. The number of amides is 2. The van der Waals surface area contributed by atoms with Crippen LogP contribution in [0.1, 0.15) is 114 Å². The number of carbonyl (C=O) groups is 3. The summed E-state index contributed by atoms with van der Waals surface area (Å²) in [7, 11) is 0. The quantitative estimate of drug-likeness (QED) is 0.270. The van der Waals surface area contributed by atoms with Crippen LogP contribution in [0.25, 0.3) is 0 Å². The van der Waals surface area contributed by atoms with Crippen molar-refractivity contribution in [2.24, 2.45) is 21.7 Å². The van der Waals surface area contributed by atoms with Gasteiger partial charge in [0.25, 0.3) is 11.8 Å². The summed E-state index contributed by atoms with van der Waals surface area (Å²) in [5, 5.41) is 11.5. The first-order valence-electron chi connectivity index (χ1n) is 16.2. The molecule has 256 valence electrons. The molecule has 2 N–H and O–H groups in total. The number of aliphatic carboxylic acids is 1. The minimum Gasteiger partial charge on any atom is -0.481 e. The summed E-state index contributed by atoms with van der Waals surface area (Å²) in [4.78, 5) is 45.1. The van der Waals surface area contributed by atoms with E-state index in [4.69, 9.17) is 10.1 Å². The zero-order valence-electron chi connectivity index (χ0n) is 28.0. The van der Waals surface area contributed by atoms with Gasteiger partial charge in [-0.1, -0.05) is 53.7 Å². The van der Waals surface area contributed by atoms with Crippen LogP contribution < -0.4 is 10.1 Å². The monoisotopic (exact) mass is 657 g/mol. The van der Waals surface area contributed by atoms with Crippen LogP contribution in [0.2, 0.25) is 0 Å². The van der Waals surface area contributed by atoms with Crippen molar-refractivity contribution in [3.63, 3.8) is 0 Å². The summed E-state index contributed by atoms with van der Waals surface area (Å²) >= 11 is 0. The summed E-state index contributed by atoms with van der Waals surface area (Å²) in [6.07, 6.45) is -0.569. The molecule has 1 spiro atoms. The molecule has 1 aliphatic heterocycles. The van der Waals surface area contributed by atoms with E-state index >= 15 is 0 Å². The Bertz CT molecular complexity index is 1460. The summed E-state index contributed by atoms with van der Waals surface area (Å²) in [6.45, 7) is 13.1. The Morgan fingerprint density at radius 1 is 1.00 bits per heavy atom. The maximum absolute atomic E-state index is 14.5. The number of ether oxygens (including phenoxy) is 1. The number of hydrogen-bond donors (Lipinski definition) is 2. The van der Waals surface area contributed by atoms with Crippen LogP contribution in [0, 0.1) is 16.7 Å². The predicted octanol–water partition coefficient (Wildman–Crippen LogP) is 7.92. The van der Waals surface area contributed by atoms with Gasteiger partial charge in [0.15, 0.2) is 0 Å². The van der Waals surface area contributed by atoms with E-state index in [0.717, 1.165) is 24.8 Å². The van der Waals surface area contributed by atoms with Gasteiger partial charge in [0.2, 0.25) is 0 Å². The number of nitrogens with zero attached hydrogens (tertiary/aromatic N) is 2. The minimum absolute atomic E-state index is 0.00785. The Morgan fingerprint density at radius 2 is 1.60 bits per heavy atom. The lowest BCUT2D eigenvalue weighted by Gasteiger charge is -2.47. The number of alkyl halides is 3. The van der Waals surface area contributed by atoms with Crippen molar-refractivity contribution < 1.29 is 37.4 Å². The van der Waals surface area contributed by atoms with E-state index in [1.54, 1.807) is 12.1 Å². The van der Waals surface area contributed by atoms with Crippen LogP contribution in [-0.2, 0) is 9.59 Å². The van der Waals surface area contributed by atoms with Gasteiger partial charge in [-0.15, -0.1) is 13.2 Å². The van der Waals surface area contributed by atoms with Gasteiger partial charge in [0, 0.05) is 17.7 Å². The second kappa shape index (κ2) is 13.7. The highest BCUT2D eigenvalue weighted by molar-refractivity contribution is 6.46. The molecule has 1 heterocycles. The number of halogens is 3. The topological polar surface area (TPSA) is 108 Å². The molecule has 0 radical (unpaired) electrons. The molecular formula is C36H46F3N3O5. The minimum atomic E-state index is -4.83. The average Bonchev–Trinajstić information content (AvgIpc) is 3.23. The number of carboxylic acid groups (broad SMARTS) is 1. The Kier molecular flexibility index (Phi) is 10.5. The number of aliphatic imine (C=N–C) groups is 1. The lowest BCUT2D eigenvalue weighted by molar-refractivity contribution is -0.274. The first-order valence-corrected chi connectivity index (χ1v) is 16.2. The maximum Gasteiger partial charge on any atom is 0.573 e. The van der Waals surface area contributed by atoms with Crippen LogP contribution in [0.15, 0.2) is 53.5 Å². The smallest absolute Gasteiger partial charge is 0.481 e. The van der Waals surface area contributed by atoms with Gasteiger partial charge in [-0.25, -0.2) is 0 Å². The van der Waals surface area contributed by atoms with E-state index in [1.165, 1.54) is 24.3 Å². The van der Waals surface area contributed by atoms with E-state index in [-0.39, 0.29) is 53.1 Å². The molecule has 0 saturated heterocycles. The predicted molar refractivity (Wildman–Crippen MR) is 173 cm³/mol. The fraction of sp³-hybridized carbons (Fsp3) is 0.556. The van der Waals surface area contributed by atoms with Gasteiger partial charge in [-0.05, 0) is 97.2 Å². The van der Waals surface area contributed by atoms with Crippen molar-refractivity contribution in [2.45, 2.75) is 105 Å². The van der Waals surface area contributed by atoms with Crippen LogP contribution in [0.3, 0.4) is 0 Å². The summed E-state index contributed by atoms with van der Waals surface area (Å²) in [5.41, 5.74) is 1.07. The van der Waals surface area contributed by atoms with Crippen LogP contribution >= 0.6 is 0 Å². The molecule has 1 atom stereocenters. The van der Waals surface area contributed by atoms with E-state index in [0.29, 0.717) is 36.3 Å². The summed E-state index contributed by atoms with van der Waals surface area (Å²) in [6, 6.07) is 11.9. The van der Waals surface area contributed by atoms with Gasteiger partial charge in [-0.2, -0.15) is 0 Å². The van der Waals surface area contributed by atoms with Gasteiger partial charge >= 0.3 is 12.3 Å². The molecule has 2 aromatic carbocycles. The zero-order chi connectivity index (χ0) is 34.8. The Hall–Kier alpha value is -3.89. The highest BCUT2D eigenvalue weighted by Gasteiger charge is 2.52.